The highest BCUT2D eigenvalue weighted by molar-refractivity contribution is 5.97. The molecule has 0 bridgehead atoms. The quantitative estimate of drug-likeness (QED) is 0.854. The highest BCUT2D eigenvalue weighted by Gasteiger charge is 2.11. The standard InChI is InChI=1S/C14H15N3/c1-4-16-14-11(7-15)8-17-13-10(3)6-5-9(2)12(13)14/h5-6,8H,4H2,1-3H3,(H,16,17). The number of nitriles is 1. The number of nitrogens with one attached hydrogen (secondary N) is 1. The van der Waals surface area contributed by atoms with Crippen molar-refractivity contribution in [2.24, 2.45) is 0 Å². The first-order chi connectivity index (χ1) is 8.19. The monoisotopic (exact) mass is 225 g/mol. The van der Waals surface area contributed by atoms with E-state index in [9.17, 15) is 0 Å². The zero-order valence-electron chi connectivity index (χ0n) is 10.3. The molecule has 1 N–H and O–H groups in total. The highest BCUT2D eigenvalue weighted by atomic mass is 14.9. The predicted molar refractivity (Wildman–Crippen MR) is 70.1 cm³/mol. The molecule has 2 rings (SSSR count). The van der Waals surface area contributed by atoms with Crippen molar-refractivity contribution in [3.8, 4) is 6.07 Å². The SMILES string of the molecule is CCNc1c(C#N)cnc2c(C)ccc(C)c12. The van der Waals surface area contributed by atoms with Crippen molar-refractivity contribution in [1.82, 2.24) is 4.98 Å². The summed E-state index contributed by atoms with van der Waals surface area (Å²) in [6.45, 7) is 6.90. The van der Waals surface area contributed by atoms with Gasteiger partial charge < -0.3 is 5.32 Å². The third kappa shape index (κ3) is 1.83. The van der Waals surface area contributed by atoms with Gasteiger partial charge in [-0.25, -0.2) is 0 Å². The Morgan fingerprint density at radius 1 is 1.29 bits per heavy atom. The number of fused-ring (bicyclic) bond motifs is 1. The van der Waals surface area contributed by atoms with Crippen LogP contribution in [0.4, 0.5) is 5.69 Å². The van der Waals surface area contributed by atoms with Gasteiger partial charge in [-0.15, -0.1) is 0 Å². The van der Waals surface area contributed by atoms with Gasteiger partial charge in [-0.1, -0.05) is 12.1 Å². The molecule has 0 atom stereocenters. The molecular formula is C14H15N3. The van der Waals surface area contributed by atoms with Gasteiger partial charge in [0.2, 0.25) is 0 Å². The lowest BCUT2D eigenvalue weighted by Crippen LogP contribution is -2.02. The molecule has 3 heteroatoms. The fourth-order valence-electron chi connectivity index (χ4n) is 2.05. The van der Waals surface area contributed by atoms with Gasteiger partial charge in [0.15, 0.2) is 0 Å². The van der Waals surface area contributed by atoms with Crippen LogP contribution >= 0.6 is 0 Å². The number of pyridine rings is 1. The minimum atomic E-state index is 0.605. The van der Waals surface area contributed by atoms with E-state index in [1.54, 1.807) is 6.20 Å². The molecule has 0 spiro atoms. The molecule has 0 unspecified atom stereocenters. The predicted octanol–water partition coefficient (Wildman–Crippen LogP) is 3.16. The fourth-order valence-corrected chi connectivity index (χ4v) is 2.05. The van der Waals surface area contributed by atoms with Crippen LogP contribution in [-0.4, -0.2) is 11.5 Å². The maximum atomic E-state index is 9.13. The van der Waals surface area contributed by atoms with E-state index in [0.717, 1.165) is 34.3 Å². The van der Waals surface area contributed by atoms with Crippen molar-refractivity contribution < 1.29 is 0 Å². The van der Waals surface area contributed by atoms with Crippen molar-refractivity contribution >= 4 is 16.6 Å². The lowest BCUT2D eigenvalue weighted by atomic mass is 10.0. The van der Waals surface area contributed by atoms with Gasteiger partial charge in [0.25, 0.3) is 0 Å². The maximum absolute atomic E-state index is 9.13. The summed E-state index contributed by atoms with van der Waals surface area (Å²) in [5.74, 6) is 0. The number of hydrogen-bond acceptors (Lipinski definition) is 3. The first-order valence-electron chi connectivity index (χ1n) is 5.72. The van der Waals surface area contributed by atoms with Crippen LogP contribution in [0.3, 0.4) is 0 Å². The van der Waals surface area contributed by atoms with Crippen LogP contribution in [0.1, 0.15) is 23.6 Å². The molecular weight excluding hydrogens is 210 g/mol. The van der Waals surface area contributed by atoms with Crippen LogP contribution < -0.4 is 5.32 Å². The van der Waals surface area contributed by atoms with E-state index in [0.29, 0.717) is 5.56 Å². The molecule has 1 aromatic heterocycles. The second-order valence-electron chi connectivity index (χ2n) is 4.11. The Morgan fingerprint density at radius 3 is 2.65 bits per heavy atom. The topological polar surface area (TPSA) is 48.7 Å². The van der Waals surface area contributed by atoms with Gasteiger partial charge in [0, 0.05) is 18.1 Å². The van der Waals surface area contributed by atoms with E-state index >= 15 is 0 Å². The van der Waals surface area contributed by atoms with Crippen molar-refractivity contribution in [3.63, 3.8) is 0 Å². The summed E-state index contributed by atoms with van der Waals surface area (Å²) >= 11 is 0. The number of aromatic nitrogens is 1. The number of rotatable bonds is 2. The summed E-state index contributed by atoms with van der Waals surface area (Å²) in [7, 11) is 0. The first kappa shape index (κ1) is 11.4. The summed E-state index contributed by atoms with van der Waals surface area (Å²) in [5, 5.41) is 13.5. The van der Waals surface area contributed by atoms with Gasteiger partial charge in [-0.05, 0) is 31.9 Å². The summed E-state index contributed by atoms with van der Waals surface area (Å²) in [6, 6.07) is 6.33. The summed E-state index contributed by atoms with van der Waals surface area (Å²) in [5.41, 5.74) is 4.76. The second kappa shape index (κ2) is 4.42. The fraction of sp³-hybridized carbons (Fsp3) is 0.286. The number of benzene rings is 1. The molecule has 0 aliphatic carbocycles. The van der Waals surface area contributed by atoms with E-state index < -0.39 is 0 Å². The van der Waals surface area contributed by atoms with E-state index in [2.05, 4.69) is 28.5 Å². The Bertz CT molecular complexity index is 609. The molecule has 0 radical (unpaired) electrons. The van der Waals surface area contributed by atoms with Crippen LogP contribution in [0.25, 0.3) is 10.9 Å². The summed E-state index contributed by atoms with van der Waals surface area (Å²) < 4.78 is 0. The summed E-state index contributed by atoms with van der Waals surface area (Å²) in [4.78, 5) is 4.39. The Labute approximate surface area is 101 Å². The molecule has 86 valence electrons. The molecule has 17 heavy (non-hydrogen) atoms. The van der Waals surface area contributed by atoms with E-state index in [1.807, 2.05) is 20.8 Å². The third-order valence-electron chi connectivity index (χ3n) is 2.90. The molecule has 0 amide bonds. The molecule has 0 aliphatic heterocycles. The first-order valence-corrected chi connectivity index (χ1v) is 5.72. The van der Waals surface area contributed by atoms with Crippen molar-refractivity contribution in [2.75, 3.05) is 11.9 Å². The second-order valence-corrected chi connectivity index (χ2v) is 4.11. The largest absolute Gasteiger partial charge is 0.384 e. The smallest absolute Gasteiger partial charge is 0.103 e. The van der Waals surface area contributed by atoms with Gasteiger partial charge in [-0.2, -0.15) is 5.26 Å². The molecule has 1 aromatic carbocycles. The number of nitrogens with zero attached hydrogens (tertiary/aromatic N) is 2. The van der Waals surface area contributed by atoms with Crippen LogP contribution in [0.2, 0.25) is 0 Å². The maximum Gasteiger partial charge on any atom is 0.103 e. The lowest BCUT2D eigenvalue weighted by molar-refractivity contribution is 1.20. The number of aryl methyl sites for hydroxylation is 2. The Morgan fingerprint density at radius 2 is 2.00 bits per heavy atom. The Balaban J connectivity index is 2.89. The van der Waals surface area contributed by atoms with E-state index in [1.165, 1.54) is 0 Å². The summed E-state index contributed by atoms with van der Waals surface area (Å²) in [6.07, 6.45) is 1.65. The van der Waals surface area contributed by atoms with Crippen molar-refractivity contribution in [2.45, 2.75) is 20.8 Å². The van der Waals surface area contributed by atoms with Gasteiger partial charge >= 0.3 is 0 Å². The molecule has 0 fully saturated rings. The number of anilines is 1. The van der Waals surface area contributed by atoms with Crippen LogP contribution in [0.5, 0.6) is 0 Å². The van der Waals surface area contributed by atoms with E-state index in [-0.39, 0.29) is 0 Å². The van der Waals surface area contributed by atoms with Gasteiger partial charge in [0.05, 0.1) is 16.8 Å². The minimum absolute atomic E-state index is 0.605. The molecule has 3 nitrogen and oxygen atoms in total. The highest BCUT2D eigenvalue weighted by Crippen LogP contribution is 2.30. The third-order valence-corrected chi connectivity index (χ3v) is 2.90. The molecule has 2 aromatic rings. The van der Waals surface area contributed by atoms with E-state index in [4.69, 9.17) is 5.26 Å². The molecule has 0 saturated heterocycles. The van der Waals surface area contributed by atoms with Crippen molar-refractivity contribution in [3.05, 3.63) is 35.0 Å². The van der Waals surface area contributed by atoms with Crippen LogP contribution in [-0.2, 0) is 0 Å². The average molecular weight is 225 g/mol. The minimum Gasteiger partial charge on any atom is -0.384 e. The Hall–Kier alpha value is -2.08. The average Bonchev–Trinajstić information content (AvgIpc) is 2.34. The number of hydrogen-bond donors (Lipinski definition) is 1. The van der Waals surface area contributed by atoms with Crippen LogP contribution in [0, 0.1) is 25.2 Å². The lowest BCUT2D eigenvalue weighted by Gasteiger charge is -2.13. The van der Waals surface area contributed by atoms with Gasteiger partial charge in [0.1, 0.15) is 6.07 Å². The van der Waals surface area contributed by atoms with Crippen molar-refractivity contribution in [1.29, 1.82) is 5.26 Å². The molecule has 0 aliphatic rings. The van der Waals surface area contributed by atoms with Crippen LogP contribution in [0.15, 0.2) is 18.3 Å². The van der Waals surface area contributed by atoms with Gasteiger partial charge in [-0.3, -0.25) is 4.98 Å². The normalized spacial score (nSPS) is 10.2. The Kier molecular flexibility index (Phi) is 2.97. The molecule has 0 saturated carbocycles. The zero-order chi connectivity index (χ0) is 12.4. The zero-order valence-corrected chi connectivity index (χ0v) is 10.3. The molecule has 1 heterocycles.